The summed E-state index contributed by atoms with van der Waals surface area (Å²) in [6.07, 6.45) is -0.0278. The summed E-state index contributed by atoms with van der Waals surface area (Å²) in [6, 6.07) is 3.62. The molecule has 0 saturated carbocycles. The third-order valence-electron chi connectivity index (χ3n) is 3.11. The molecule has 0 saturated heterocycles. The molecule has 3 N–H and O–H groups in total. The summed E-state index contributed by atoms with van der Waals surface area (Å²) >= 11 is 0. The van der Waals surface area contributed by atoms with Crippen molar-refractivity contribution in [3.05, 3.63) is 51.1 Å². The molecule has 0 aliphatic rings. The van der Waals surface area contributed by atoms with E-state index < -0.39 is 5.63 Å². The van der Waals surface area contributed by atoms with Crippen LogP contribution in [0.5, 0.6) is 17.2 Å². The molecular weight excluding hydrogens is 276 g/mol. The van der Waals surface area contributed by atoms with E-state index in [9.17, 15) is 24.9 Å². The van der Waals surface area contributed by atoms with Crippen molar-refractivity contribution in [2.24, 2.45) is 0 Å². The number of hydrogen-bond donors (Lipinski definition) is 3. The topological polar surface area (TPSA) is 108 Å². The van der Waals surface area contributed by atoms with Gasteiger partial charge in [-0.2, -0.15) is 0 Å². The largest absolute Gasteiger partial charge is 0.508 e. The molecule has 21 heavy (non-hydrogen) atoms. The lowest BCUT2D eigenvalue weighted by atomic mass is 9.98. The molecule has 0 atom stereocenters. The Morgan fingerprint density at radius 3 is 2.38 bits per heavy atom. The summed E-state index contributed by atoms with van der Waals surface area (Å²) in [5, 5.41) is 28.9. The Morgan fingerprint density at radius 2 is 1.81 bits per heavy atom. The zero-order valence-electron chi connectivity index (χ0n) is 11.5. The van der Waals surface area contributed by atoms with Gasteiger partial charge in [0.2, 0.25) is 0 Å². The highest BCUT2D eigenvalue weighted by Gasteiger charge is 2.17. The third-order valence-corrected chi connectivity index (χ3v) is 3.11. The molecule has 0 fully saturated rings. The second-order valence-electron chi connectivity index (χ2n) is 4.74. The van der Waals surface area contributed by atoms with E-state index in [0.717, 1.165) is 6.07 Å². The molecule has 2 rings (SSSR count). The van der Waals surface area contributed by atoms with E-state index in [-0.39, 0.29) is 46.3 Å². The molecule has 0 amide bonds. The summed E-state index contributed by atoms with van der Waals surface area (Å²) in [6.45, 7) is 2.70. The van der Waals surface area contributed by atoms with Gasteiger partial charge in [0.15, 0.2) is 5.78 Å². The Bertz CT molecular complexity index is 772. The summed E-state index contributed by atoms with van der Waals surface area (Å²) in [7, 11) is 0. The first kappa shape index (κ1) is 14.6. The van der Waals surface area contributed by atoms with E-state index >= 15 is 0 Å². The van der Waals surface area contributed by atoms with Gasteiger partial charge in [-0.25, -0.2) is 4.79 Å². The van der Waals surface area contributed by atoms with Crippen LogP contribution >= 0.6 is 0 Å². The Labute approximate surface area is 119 Å². The number of phenols is 2. The van der Waals surface area contributed by atoms with E-state index in [1.807, 2.05) is 0 Å². The maximum absolute atomic E-state index is 11.6. The molecule has 1 heterocycles. The van der Waals surface area contributed by atoms with Crippen LogP contribution in [0.4, 0.5) is 0 Å². The number of phenolic OH excluding ortho intramolecular Hbond substituents is 2. The maximum Gasteiger partial charge on any atom is 0.342 e. The second kappa shape index (κ2) is 5.32. The van der Waals surface area contributed by atoms with Crippen molar-refractivity contribution in [3.63, 3.8) is 0 Å². The number of benzene rings is 1. The zero-order valence-corrected chi connectivity index (χ0v) is 11.5. The molecule has 0 unspecified atom stereocenters. The van der Waals surface area contributed by atoms with Gasteiger partial charge in [0.05, 0.1) is 11.1 Å². The van der Waals surface area contributed by atoms with Crippen molar-refractivity contribution in [3.8, 4) is 17.2 Å². The molecule has 0 aliphatic heterocycles. The Morgan fingerprint density at radius 1 is 1.14 bits per heavy atom. The number of rotatable bonds is 3. The van der Waals surface area contributed by atoms with Crippen LogP contribution in [0.1, 0.15) is 34.2 Å². The van der Waals surface area contributed by atoms with E-state index in [1.165, 1.54) is 26.0 Å². The van der Waals surface area contributed by atoms with Crippen LogP contribution in [0, 0.1) is 6.92 Å². The van der Waals surface area contributed by atoms with Crippen molar-refractivity contribution in [1.29, 1.82) is 0 Å². The van der Waals surface area contributed by atoms with E-state index in [1.54, 1.807) is 0 Å². The number of carbonyl (C=O) groups is 1. The van der Waals surface area contributed by atoms with Crippen LogP contribution in [0.25, 0.3) is 0 Å². The first-order valence-electron chi connectivity index (χ1n) is 6.18. The summed E-state index contributed by atoms with van der Waals surface area (Å²) < 4.78 is 5.02. The van der Waals surface area contributed by atoms with Gasteiger partial charge in [0, 0.05) is 18.6 Å². The van der Waals surface area contributed by atoms with Crippen LogP contribution in [-0.2, 0) is 6.42 Å². The van der Waals surface area contributed by atoms with E-state index in [4.69, 9.17) is 4.42 Å². The maximum atomic E-state index is 11.6. The number of carbonyl (C=O) groups excluding carboxylic acids is 1. The number of ketones is 1. The lowest BCUT2D eigenvalue weighted by Gasteiger charge is -2.10. The SMILES string of the molecule is CC(=O)c1c(O)cc(O)cc1Cc1cc(O)c(C)c(=O)o1. The summed E-state index contributed by atoms with van der Waals surface area (Å²) in [4.78, 5) is 23.1. The molecule has 1 aromatic heterocycles. The minimum Gasteiger partial charge on any atom is -0.508 e. The van der Waals surface area contributed by atoms with Crippen LogP contribution in [-0.4, -0.2) is 21.1 Å². The quantitative estimate of drug-likeness (QED) is 0.745. The number of hydrogen-bond acceptors (Lipinski definition) is 6. The van der Waals surface area contributed by atoms with Crippen molar-refractivity contribution in [2.45, 2.75) is 20.3 Å². The minimum atomic E-state index is -0.682. The number of aromatic hydroxyl groups is 3. The van der Waals surface area contributed by atoms with Gasteiger partial charge < -0.3 is 19.7 Å². The molecule has 2 aromatic rings. The van der Waals surface area contributed by atoms with Crippen molar-refractivity contribution in [1.82, 2.24) is 0 Å². The van der Waals surface area contributed by atoms with Crippen molar-refractivity contribution < 1.29 is 24.5 Å². The fourth-order valence-corrected chi connectivity index (χ4v) is 2.08. The molecular formula is C15H14O6. The fourth-order valence-electron chi connectivity index (χ4n) is 2.08. The fraction of sp³-hybridized carbons (Fsp3) is 0.200. The molecule has 0 bridgehead atoms. The van der Waals surface area contributed by atoms with Crippen LogP contribution in [0.3, 0.4) is 0 Å². The van der Waals surface area contributed by atoms with Crippen molar-refractivity contribution >= 4 is 5.78 Å². The highest BCUT2D eigenvalue weighted by molar-refractivity contribution is 5.98. The lowest BCUT2D eigenvalue weighted by Crippen LogP contribution is -2.07. The smallest absolute Gasteiger partial charge is 0.342 e. The average molecular weight is 290 g/mol. The van der Waals surface area contributed by atoms with Gasteiger partial charge in [-0.1, -0.05) is 0 Å². The van der Waals surface area contributed by atoms with Gasteiger partial charge in [-0.3, -0.25) is 4.79 Å². The van der Waals surface area contributed by atoms with Gasteiger partial charge in [0.1, 0.15) is 23.0 Å². The molecule has 6 nitrogen and oxygen atoms in total. The molecule has 1 aromatic carbocycles. The van der Waals surface area contributed by atoms with E-state index in [2.05, 4.69) is 0 Å². The third kappa shape index (κ3) is 2.89. The van der Waals surface area contributed by atoms with Crippen molar-refractivity contribution in [2.75, 3.05) is 0 Å². The Hall–Kier alpha value is -2.76. The van der Waals surface area contributed by atoms with Gasteiger partial charge in [-0.05, 0) is 25.5 Å². The van der Waals surface area contributed by atoms with Crippen LogP contribution in [0.2, 0.25) is 0 Å². The monoisotopic (exact) mass is 290 g/mol. The average Bonchev–Trinajstić information content (AvgIpc) is 2.34. The second-order valence-corrected chi connectivity index (χ2v) is 4.74. The predicted molar refractivity (Wildman–Crippen MR) is 74.0 cm³/mol. The Balaban J connectivity index is 2.54. The van der Waals surface area contributed by atoms with Gasteiger partial charge in [0.25, 0.3) is 0 Å². The molecule has 0 aliphatic carbocycles. The molecule has 0 radical (unpaired) electrons. The highest BCUT2D eigenvalue weighted by atomic mass is 16.4. The minimum absolute atomic E-state index is 0.0278. The molecule has 0 spiro atoms. The predicted octanol–water partition coefficient (Wildman–Crippen LogP) is 1.86. The highest BCUT2D eigenvalue weighted by Crippen LogP contribution is 2.29. The first-order valence-corrected chi connectivity index (χ1v) is 6.18. The lowest BCUT2D eigenvalue weighted by molar-refractivity contribution is 0.101. The standard InChI is InChI=1S/C15H14O6/c1-7-12(18)6-11(21-15(7)20)4-9-3-10(17)5-13(19)14(9)8(2)16/h3,5-6,17-19H,4H2,1-2H3. The zero-order chi connectivity index (χ0) is 15.7. The van der Waals surface area contributed by atoms with Gasteiger partial charge in [-0.15, -0.1) is 0 Å². The van der Waals surface area contributed by atoms with Crippen LogP contribution in [0.15, 0.2) is 27.4 Å². The molecule has 110 valence electrons. The normalized spacial score (nSPS) is 10.6. The van der Waals surface area contributed by atoms with Crippen LogP contribution < -0.4 is 5.63 Å². The molecule has 6 heteroatoms. The summed E-state index contributed by atoms with van der Waals surface area (Å²) in [5.74, 6) is -1.05. The number of Topliss-reactive ketones (excluding diaryl/α,β-unsaturated/α-hetero) is 1. The van der Waals surface area contributed by atoms with Gasteiger partial charge >= 0.3 is 5.63 Å². The summed E-state index contributed by atoms with van der Waals surface area (Å²) in [5.41, 5.74) is -0.259. The first-order chi connectivity index (χ1) is 9.79. The Kier molecular flexibility index (Phi) is 3.71. The van der Waals surface area contributed by atoms with E-state index in [0.29, 0.717) is 5.56 Å².